The van der Waals surface area contributed by atoms with Gasteiger partial charge in [-0.2, -0.15) is 0 Å². The van der Waals surface area contributed by atoms with Crippen LogP contribution < -0.4 is 0 Å². The molecule has 0 fully saturated rings. The Morgan fingerprint density at radius 1 is 0.167 bits per heavy atom. The highest BCUT2D eigenvalue weighted by Crippen LogP contribution is 2.50. The van der Waals surface area contributed by atoms with Gasteiger partial charge in [0.1, 0.15) is 0 Å². The molecule has 0 N–H and O–H groups in total. The minimum absolute atomic E-state index is 1.13. The fourth-order valence-corrected chi connectivity index (χ4v) is 14.4. The van der Waals surface area contributed by atoms with Gasteiger partial charge in [0, 0.05) is 65.8 Å². The van der Waals surface area contributed by atoms with Gasteiger partial charge in [0.15, 0.2) is 0 Å². The molecule has 0 aliphatic rings. The van der Waals surface area contributed by atoms with Crippen LogP contribution in [0.5, 0.6) is 0 Å². The van der Waals surface area contributed by atoms with E-state index >= 15 is 0 Å². The smallest absolute Gasteiger partial charge is 0.0541 e. The van der Waals surface area contributed by atoms with Gasteiger partial charge in [0.05, 0.1) is 44.1 Å². The quantitative estimate of drug-likeness (QED) is 0.145. The van der Waals surface area contributed by atoms with Crippen molar-refractivity contribution in [3.05, 3.63) is 302 Å². The largest absolute Gasteiger partial charge is 0.309 e. The third kappa shape index (κ3) is 7.14. The summed E-state index contributed by atoms with van der Waals surface area (Å²) >= 11 is 0. The summed E-state index contributed by atoms with van der Waals surface area (Å²) in [6.07, 6.45) is 0. The highest BCUT2D eigenvalue weighted by Gasteiger charge is 2.26. The van der Waals surface area contributed by atoms with Gasteiger partial charge >= 0.3 is 0 Å². The van der Waals surface area contributed by atoms with Gasteiger partial charge in [-0.15, -0.1) is 0 Å². The first-order chi connectivity index (χ1) is 41.6. The Bertz CT molecular complexity index is 4580. The number of hydrogen-bond acceptors (Lipinski definition) is 0. The lowest BCUT2D eigenvalue weighted by Gasteiger charge is -2.26. The van der Waals surface area contributed by atoms with Gasteiger partial charge < -0.3 is 18.3 Å². The van der Waals surface area contributed by atoms with Gasteiger partial charge in [-0.1, -0.05) is 194 Å². The van der Waals surface area contributed by atoms with E-state index in [0.29, 0.717) is 0 Å². The van der Waals surface area contributed by atoms with Crippen molar-refractivity contribution in [2.24, 2.45) is 0 Å². The lowest BCUT2D eigenvalue weighted by molar-refractivity contribution is 1.18. The molecule has 84 heavy (non-hydrogen) atoms. The second-order valence-electron chi connectivity index (χ2n) is 22.4. The Balaban J connectivity index is 0.903. The maximum Gasteiger partial charge on any atom is 0.0541 e. The SMILES string of the molecule is Cc1c(-c2ccc(-n3c4ccccc4c4ccccc43)cc2)c(-c2ccc(-n3c4ccccc4c4ccccc43)cc2)c(C)c(-c2ccc(-n3c4ccccc4c4ccccc43)cc2)c1-c1ccc(-n2c3ccccc3c3ccccc32)cc1. The van der Waals surface area contributed by atoms with Crippen LogP contribution in [0.3, 0.4) is 0 Å². The molecule has 0 bridgehead atoms. The summed E-state index contributed by atoms with van der Waals surface area (Å²) < 4.78 is 9.66. The summed E-state index contributed by atoms with van der Waals surface area (Å²) in [6.45, 7) is 4.72. The van der Waals surface area contributed by atoms with Crippen molar-refractivity contribution in [3.8, 4) is 67.3 Å². The van der Waals surface area contributed by atoms with E-state index in [1.807, 2.05) is 0 Å². The van der Waals surface area contributed by atoms with Crippen LogP contribution in [0.15, 0.2) is 291 Å². The van der Waals surface area contributed by atoms with Gasteiger partial charge in [-0.3, -0.25) is 0 Å². The molecule has 17 aromatic rings. The van der Waals surface area contributed by atoms with Crippen molar-refractivity contribution in [2.45, 2.75) is 13.8 Å². The van der Waals surface area contributed by atoms with E-state index < -0.39 is 0 Å². The summed E-state index contributed by atoms with van der Waals surface area (Å²) in [5.74, 6) is 0. The Morgan fingerprint density at radius 3 is 0.464 bits per heavy atom. The highest BCUT2D eigenvalue weighted by molar-refractivity contribution is 6.13. The van der Waals surface area contributed by atoms with Crippen molar-refractivity contribution in [1.29, 1.82) is 0 Å². The fraction of sp³-hybridized carbons (Fsp3) is 0.0250. The Labute approximate surface area is 486 Å². The number of nitrogens with zero attached hydrogens (tertiary/aromatic N) is 4. The molecule has 0 saturated carbocycles. The van der Waals surface area contributed by atoms with E-state index in [4.69, 9.17) is 0 Å². The zero-order valence-electron chi connectivity index (χ0n) is 46.5. The van der Waals surface area contributed by atoms with Crippen LogP contribution in [0.25, 0.3) is 154 Å². The molecule has 13 aromatic carbocycles. The van der Waals surface area contributed by atoms with Crippen molar-refractivity contribution < 1.29 is 0 Å². The average molecular weight is 1070 g/mol. The topological polar surface area (TPSA) is 19.7 Å². The van der Waals surface area contributed by atoms with E-state index in [1.54, 1.807) is 0 Å². The Kier molecular flexibility index (Phi) is 10.7. The van der Waals surface area contributed by atoms with Crippen LogP contribution in [0, 0.1) is 13.8 Å². The summed E-state index contributed by atoms with van der Waals surface area (Å²) in [7, 11) is 0. The first-order valence-corrected chi connectivity index (χ1v) is 29.1. The van der Waals surface area contributed by atoms with E-state index in [0.717, 1.165) is 45.0 Å². The van der Waals surface area contributed by atoms with Gasteiger partial charge in [0.25, 0.3) is 0 Å². The maximum absolute atomic E-state index is 2.41. The Hall–Kier alpha value is -10.9. The van der Waals surface area contributed by atoms with Crippen LogP contribution >= 0.6 is 0 Å². The molecule has 0 aliphatic heterocycles. The minimum atomic E-state index is 1.13. The molecule has 0 aliphatic carbocycles. The number of hydrogen-bond donors (Lipinski definition) is 0. The summed E-state index contributed by atoms with van der Waals surface area (Å²) in [5, 5.41) is 10.0. The maximum atomic E-state index is 2.41. The molecule has 0 spiro atoms. The predicted octanol–water partition coefficient (Wildman–Crippen LogP) is 21.4. The predicted molar refractivity (Wildman–Crippen MR) is 355 cm³/mol. The lowest BCUT2D eigenvalue weighted by atomic mass is 9.78. The lowest BCUT2D eigenvalue weighted by Crippen LogP contribution is -2.02. The highest BCUT2D eigenvalue weighted by atomic mass is 15.0. The number of benzene rings is 13. The molecule has 0 amide bonds. The third-order valence-corrected chi connectivity index (χ3v) is 18.0. The number of rotatable bonds is 8. The third-order valence-electron chi connectivity index (χ3n) is 18.0. The molecule has 4 aromatic heterocycles. The molecule has 0 saturated heterocycles. The van der Waals surface area contributed by atoms with Gasteiger partial charge in [-0.05, 0) is 167 Å². The molecule has 0 radical (unpaired) electrons. The second kappa shape index (κ2) is 18.8. The second-order valence-corrected chi connectivity index (χ2v) is 22.4. The molecule has 4 nitrogen and oxygen atoms in total. The van der Waals surface area contributed by atoms with Gasteiger partial charge in [-0.25, -0.2) is 0 Å². The standard InChI is InChI=1S/C80H54N4/c1-51-77(53-35-43-57(44-36-53)81-69-27-11-3-19-61(69)62-20-4-12-28-70(62)81)79(55-39-47-59(48-40-55)83-73-31-15-7-23-65(73)66-24-8-16-32-74(66)83)52(2)80(56-41-49-60(50-42-56)84-75-33-17-9-25-67(75)68-26-10-18-34-76(68)84)78(51)54-37-45-58(46-38-54)82-71-29-13-5-21-63(71)64-22-6-14-30-72(64)82/h3-50H,1-2H3. The van der Waals surface area contributed by atoms with Crippen molar-refractivity contribution in [2.75, 3.05) is 0 Å². The van der Waals surface area contributed by atoms with Crippen LogP contribution in [0.4, 0.5) is 0 Å². The van der Waals surface area contributed by atoms with Crippen molar-refractivity contribution >= 4 is 87.2 Å². The zero-order chi connectivity index (χ0) is 55.6. The van der Waals surface area contributed by atoms with Crippen molar-refractivity contribution in [3.63, 3.8) is 0 Å². The monoisotopic (exact) mass is 1070 g/mol. The van der Waals surface area contributed by atoms with Crippen LogP contribution in [0.2, 0.25) is 0 Å². The Morgan fingerprint density at radius 2 is 0.310 bits per heavy atom. The van der Waals surface area contributed by atoms with Gasteiger partial charge in [0.2, 0.25) is 0 Å². The van der Waals surface area contributed by atoms with E-state index in [-0.39, 0.29) is 0 Å². The van der Waals surface area contributed by atoms with E-state index in [9.17, 15) is 0 Å². The van der Waals surface area contributed by atoms with Crippen LogP contribution in [-0.2, 0) is 0 Å². The molecular weight excluding hydrogens is 1020 g/mol. The number of para-hydroxylation sites is 8. The number of fused-ring (bicyclic) bond motifs is 12. The normalized spacial score (nSPS) is 11.9. The minimum Gasteiger partial charge on any atom is -0.309 e. The number of aromatic nitrogens is 4. The first-order valence-electron chi connectivity index (χ1n) is 29.1. The molecule has 4 heterocycles. The average Bonchev–Trinajstić information content (AvgIpc) is 2.22. The van der Waals surface area contributed by atoms with Crippen LogP contribution in [-0.4, -0.2) is 18.3 Å². The molecule has 0 atom stereocenters. The fourth-order valence-electron chi connectivity index (χ4n) is 14.4. The molecule has 17 rings (SSSR count). The molecule has 0 unspecified atom stereocenters. The summed E-state index contributed by atoms with van der Waals surface area (Å²) in [4.78, 5) is 0. The summed E-state index contributed by atoms with van der Waals surface area (Å²) in [5.41, 5.74) is 26.1. The molecule has 4 heteroatoms. The van der Waals surface area contributed by atoms with Crippen LogP contribution in [0.1, 0.15) is 11.1 Å². The van der Waals surface area contributed by atoms with E-state index in [1.165, 1.54) is 121 Å². The molecule has 394 valence electrons. The summed E-state index contributed by atoms with van der Waals surface area (Å²) in [6, 6.07) is 108. The zero-order valence-corrected chi connectivity index (χ0v) is 46.5. The first kappa shape index (κ1) is 47.8. The molecular formula is C80H54N4. The van der Waals surface area contributed by atoms with E-state index in [2.05, 4.69) is 323 Å². The van der Waals surface area contributed by atoms with Crippen molar-refractivity contribution in [1.82, 2.24) is 18.3 Å².